The monoisotopic (exact) mass is 541 g/mol. The maximum absolute atomic E-state index is 14.2. The molecule has 2 aromatic heterocycles. The van der Waals surface area contributed by atoms with E-state index in [-0.39, 0.29) is 18.7 Å². The molecular weight excluding hydrogens is 510 g/mol. The van der Waals surface area contributed by atoms with Gasteiger partial charge in [-0.05, 0) is 80.1 Å². The van der Waals surface area contributed by atoms with E-state index in [1.165, 1.54) is 27.4 Å². The third kappa shape index (κ3) is 4.59. The van der Waals surface area contributed by atoms with E-state index in [0.29, 0.717) is 17.8 Å². The Labute approximate surface area is 232 Å². The van der Waals surface area contributed by atoms with Crippen LogP contribution in [0.4, 0.5) is 10.5 Å². The van der Waals surface area contributed by atoms with Gasteiger partial charge in [0.1, 0.15) is 10.8 Å². The van der Waals surface area contributed by atoms with Crippen molar-refractivity contribution >= 4 is 29.0 Å². The first-order valence-electron chi connectivity index (χ1n) is 13.4. The second-order valence-corrected chi connectivity index (χ2v) is 10.9. The van der Waals surface area contributed by atoms with Crippen LogP contribution in [0.3, 0.4) is 0 Å². The third-order valence-corrected chi connectivity index (χ3v) is 8.85. The number of hydrogen-bond donors (Lipinski definition) is 1. The van der Waals surface area contributed by atoms with Crippen molar-refractivity contribution in [3.8, 4) is 10.8 Å². The predicted octanol–water partition coefficient (Wildman–Crippen LogP) is 6.74. The fraction of sp³-hybridized carbons (Fsp3) is 0.290. The van der Waals surface area contributed by atoms with Gasteiger partial charge in [0.05, 0.1) is 43.2 Å². The van der Waals surface area contributed by atoms with Gasteiger partial charge in [-0.3, -0.25) is 0 Å². The van der Waals surface area contributed by atoms with Crippen LogP contribution in [-0.2, 0) is 24.1 Å². The number of nitrogens with one attached hydrogen (secondary N) is 1. The molecule has 0 fully saturated rings. The summed E-state index contributed by atoms with van der Waals surface area (Å²) in [6.07, 6.45) is 6.57. The predicted molar refractivity (Wildman–Crippen MR) is 152 cm³/mol. The number of carbonyl (C=O) groups is 2. The first-order valence-corrected chi connectivity index (χ1v) is 14.2. The highest BCUT2D eigenvalue weighted by Crippen LogP contribution is 2.44. The summed E-state index contributed by atoms with van der Waals surface area (Å²) in [5, 5.41) is 4.24. The Morgan fingerprint density at radius 1 is 1.03 bits per heavy atom. The maximum atomic E-state index is 14.2. The number of hydrogen-bond acceptors (Lipinski definition) is 5. The van der Waals surface area contributed by atoms with Crippen molar-refractivity contribution in [2.45, 2.75) is 45.2 Å². The molecule has 39 heavy (non-hydrogen) atoms. The standard InChI is InChI=1S/C31H31N3O4S/c1-3-38-30(35)23-13-4-6-14-25(23)32-31(36)34-19-24-22-12-5-7-16-27(22)39-29(24)33-17-9-15-26(33)28(34)20-10-8-11-21(18-20)37-2/h4,6,8-11,13-15,17-18,28H,3,5,7,12,16,19H2,1-2H3,(H,32,36). The third-order valence-electron chi connectivity index (χ3n) is 7.51. The molecule has 2 amide bonds. The molecule has 7 nitrogen and oxygen atoms in total. The maximum Gasteiger partial charge on any atom is 0.340 e. The Bertz CT molecular complexity index is 1540. The van der Waals surface area contributed by atoms with Gasteiger partial charge in [0.2, 0.25) is 0 Å². The van der Waals surface area contributed by atoms with Crippen LogP contribution < -0.4 is 10.1 Å². The number of amides is 2. The minimum atomic E-state index is -0.461. The minimum Gasteiger partial charge on any atom is -0.497 e. The highest BCUT2D eigenvalue weighted by atomic mass is 32.1. The molecule has 1 atom stereocenters. The lowest BCUT2D eigenvalue weighted by Gasteiger charge is -2.31. The molecule has 200 valence electrons. The number of methoxy groups -OCH3 is 1. The number of para-hydroxylation sites is 1. The van der Waals surface area contributed by atoms with Gasteiger partial charge >= 0.3 is 12.0 Å². The number of urea groups is 1. The van der Waals surface area contributed by atoms with Crippen molar-refractivity contribution in [2.75, 3.05) is 19.0 Å². The van der Waals surface area contributed by atoms with Gasteiger partial charge in [-0.25, -0.2) is 9.59 Å². The van der Waals surface area contributed by atoms with Crippen LogP contribution in [0.25, 0.3) is 5.00 Å². The van der Waals surface area contributed by atoms with Gasteiger partial charge in [0.25, 0.3) is 0 Å². The highest BCUT2D eigenvalue weighted by molar-refractivity contribution is 7.15. The Hall–Kier alpha value is -4.04. The number of aryl methyl sites for hydroxylation is 1. The number of aromatic nitrogens is 1. The summed E-state index contributed by atoms with van der Waals surface area (Å²) in [6.45, 7) is 2.48. The Kier molecular flexibility index (Phi) is 6.87. The fourth-order valence-corrected chi connectivity index (χ4v) is 7.12. The molecule has 0 spiro atoms. The van der Waals surface area contributed by atoms with Crippen LogP contribution in [0.1, 0.15) is 63.4 Å². The molecule has 4 aromatic rings. The van der Waals surface area contributed by atoms with Crippen molar-refractivity contribution in [2.24, 2.45) is 0 Å². The van der Waals surface area contributed by atoms with Crippen LogP contribution >= 0.6 is 11.3 Å². The van der Waals surface area contributed by atoms with Crippen LogP contribution in [0.15, 0.2) is 66.9 Å². The summed E-state index contributed by atoms with van der Waals surface area (Å²) >= 11 is 1.85. The molecule has 0 bridgehead atoms. The number of ether oxygens (including phenoxy) is 2. The number of rotatable bonds is 5. The molecule has 3 heterocycles. The number of thiophene rings is 1. The second kappa shape index (κ2) is 10.6. The first-order chi connectivity index (χ1) is 19.1. The second-order valence-electron chi connectivity index (χ2n) is 9.80. The van der Waals surface area contributed by atoms with E-state index >= 15 is 0 Å². The summed E-state index contributed by atoms with van der Waals surface area (Å²) in [4.78, 5) is 30.2. The number of nitrogens with zero attached hydrogens (tertiary/aromatic N) is 2. The van der Waals surface area contributed by atoms with Gasteiger partial charge in [0.15, 0.2) is 0 Å². The van der Waals surface area contributed by atoms with E-state index in [0.717, 1.165) is 36.3 Å². The average molecular weight is 542 g/mol. The number of benzene rings is 2. The Morgan fingerprint density at radius 2 is 1.87 bits per heavy atom. The van der Waals surface area contributed by atoms with Crippen molar-refractivity contribution in [3.63, 3.8) is 0 Å². The lowest BCUT2D eigenvalue weighted by Crippen LogP contribution is -2.38. The van der Waals surface area contributed by atoms with Gasteiger partial charge in [-0.2, -0.15) is 0 Å². The van der Waals surface area contributed by atoms with E-state index in [1.54, 1.807) is 38.3 Å². The quantitative estimate of drug-likeness (QED) is 0.284. The molecule has 2 aliphatic rings. The van der Waals surface area contributed by atoms with Crippen LogP contribution in [0.5, 0.6) is 5.75 Å². The molecule has 0 saturated carbocycles. The van der Waals surface area contributed by atoms with Crippen LogP contribution in [-0.4, -0.2) is 35.2 Å². The zero-order chi connectivity index (χ0) is 26.9. The molecule has 0 radical (unpaired) electrons. The van der Waals surface area contributed by atoms with E-state index in [2.05, 4.69) is 22.1 Å². The number of fused-ring (bicyclic) bond motifs is 5. The van der Waals surface area contributed by atoms with Gasteiger partial charge < -0.3 is 24.3 Å². The van der Waals surface area contributed by atoms with Crippen molar-refractivity contribution in [3.05, 3.63) is 99.7 Å². The summed E-state index contributed by atoms with van der Waals surface area (Å²) in [5.41, 5.74) is 5.32. The van der Waals surface area contributed by atoms with E-state index in [1.807, 2.05) is 46.6 Å². The Balaban J connectivity index is 1.47. The van der Waals surface area contributed by atoms with Gasteiger partial charge in [0, 0.05) is 16.6 Å². The smallest absolute Gasteiger partial charge is 0.340 e. The number of anilines is 1. The molecule has 1 aliphatic heterocycles. The molecule has 8 heteroatoms. The fourth-order valence-electron chi connectivity index (χ4n) is 5.71. The molecule has 6 rings (SSSR count). The molecular formula is C31H31N3O4S. The SMILES string of the molecule is CCOC(=O)c1ccccc1NC(=O)N1Cc2c(sc3c2CCCC3)-n2cccc2C1c1cccc(OC)c1. The first kappa shape index (κ1) is 25.2. The minimum absolute atomic E-state index is 0.258. The number of carbonyl (C=O) groups excluding carboxylic acids is 2. The zero-order valence-electron chi connectivity index (χ0n) is 22.1. The zero-order valence-corrected chi connectivity index (χ0v) is 22.9. The van der Waals surface area contributed by atoms with Crippen LogP contribution in [0, 0.1) is 0 Å². The van der Waals surface area contributed by atoms with E-state index in [9.17, 15) is 9.59 Å². The number of esters is 1. The lowest BCUT2D eigenvalue weighted by molar-refractivity contribution is 0.0527. The molecule has 1 N–H and O–H groups in total. The Morgan fingerprint density at radius 3 is 2.72 bits per heavy atom. The van der Waals surface area contributed by atoms with Gasteiger partial charge in [-0.1, -0.05) is 24.3 Å². The van der Waals surface area contributed by atoms with Gasteiger partial charge in [-0.15, -0.1) is 11.3 Å². The van der Waals surface area contributed by atoms with E-state index < -0.39 is 5.97 Å². The van der Waals surface area contributed by atoms with Crippen molar-refractivity contribution in [1.29, 1.82) is 0 Å². The lowest BCUT2D eigenvalue weighted by atomic mass is 9.95. The summed E-state index contributed by atoms with van der Waals surface area (Å²) in [7, 11) is 1.65. The summed E-state index contributed by atoms with van der Waals surface area (Å²) in [6, 6.07) is 18.4. The highest BCUT2D eigenvalue weighted by Gasteiger charge is 2.36. The summed E-state index contributed by atoms with van der Waals surface area (Å²) < 4.78 is 13.0. The molecule has 2 aromatic carbocycles. The van der Waals surface area contributed by atoms with E-state index in [4.69, 9.17) is 9.47 Å². The van der Waals surface area contributed by atoms with Crippen LogP contribution in [0.2, 0.25) is 0 Å². The van der Waals surface area contributed by atoms with Crippen molar-refractivity contribution < 1.29 is 19.1 Å². The molecule has 0 saturated heterocycles. The molecule has 1 unspecified atom stereocenters. The van der Waals surface area contributed by atoms with Crippen molar-refractivity contribution in [1.82, 2.24) is 9.47 Å². The normalized spacial score (nSPS) is 15.9. The average Bonchev–Trinajstić information content (AvgIpc) is 3.55. The molecule has 1 aliphatic carbocycles. The topological polar surface area (TPSA) is 72.8 Å². The largest absolute Gasteiger partial charge is 0.497 e. The summed E-state index contributed by atoms with van der Waals surface area (Å²) in [5.74, 6) is 0.270.